The maximum absolute atomic E-state index is 11.9. The third kappa shape index (κ3) is 7.88. The van der Waals surface area contributed by atoms with Gasteiger partial charge in [0.15, 0.2) is 0 Å². The number of fused-ring (bicyclic) bond motifs is 1. The van der Waals surface area contributed by atoms with E-state index in [1.165, 1.54) is 11.1 Å². The molecule has 0 aliphatic heterocycles. The minimum Gasteiger partial charge on any atom is -0.507 e. The van der Waals surface area contributed by atoms with E-state index in [2.05, 4.69) is 194 Å². The van der Waals surface area contributed by atoms with Crippen molar-refractivity contribution in [2.45, 2.75) is 99.8 Å². The summed E-state index contributed by atoms with van der Waals surface area (Å²) in [6.45, 7) is 26.2. The Morgan fingerprint density at radius 2 is 1.31 bits per heavy atom. The molecule has 0 atom stereocenters. The summed E-state index contributed by atoms with van der Waals surface area (Å²) in [5.74, 6) is 0.248. The van der Waals surface area contributed by atoms with E-state index in [0.717, 1.165) is 78.0 Å². The number of aryl methyl sites for hydroxylation is 2. The number of aromatic nitrogens is 3. The van der Waals surface area contributed by atoms with E-state index in [0.29, 0.717) is 11.4 Å². The molecule has 0 fully saturated rings. The summed E-state index contributed by atoms with van der Waals surface area (Å²) in [5.41, 5.74) is 16.8. The van der Waals surface area contributed by atoms with Crippen LogP contribution in [0.15, 0.2) is 140 Å². The van der Waals surface area contributed by atoms with Crippen molar-refractivity contribution in [3.05, 3.63) is 167 Å². The Morgan fingerprint density at radius 1 is 0.597 bits per heavy atom. The van der Waals surface area contributed by atoms with Gasteiger partial charge >= 0.3 is 0 Å². The zero-order valence-corrected chi connectivity index (χ0v) is 38.6. The fourth-order valence-corrected chi connectivity index (χ4v) is 8.42. The normalized spacial score (nSPS) is 12.8. The summed E-state index contributed by atoms with van der Waals surface area (Å²) in [4.78, 5) is 10.5. The topological polar surface area (TPSA) is 50.9 Å². The first-order valence-corrected chi connectivity index (χ1v) is 21.9. The zero-order valence-electron chi connectivity index (χ0n) is 39.6. The molecule has 0 saturated carbocycles. The second-order valence-electron chi connectivity index (χ2n) is 20.0. The summed E-state index contributed by atoms with van der Waals surface area (Å²) in [7, 11) is 0. The maximum Gasteiger partial charge on any atom is 0.149 e. The third-order valence-corrected chi connectivity index (χ3v) is 13.3. The highest BCUT2D eigenvalue weighted by atomic mass is 16.3. The van der Waals surface area contributed by atoms with Crippen molar-refractivity contribution in [3.63, 3.8) is 0 Å². The average Bonchev–Trinajstić information content (AvgIpc) is 3.63. The SMILES string of the molecule is [2H]C(C)(C)c1ccc(-c2ccnc(-c3cc(-c4cccc5c4nc(-c4cc(C)cc(C)c4O)n5-c4ccc(C(C)(C)C(C)(C)C)cc4-c4ccccc4)cc(C(C)(C)C)c3)c2)cc1. The van der Waals surface area contributed by atoms with Crippen LogP contribution >= 0.6 is 0 Å². The highest BCUT2D eigenvalue weighted by Crippen LogP contribution is 2.46. The fraction of sp³-hybridized carbons (Fsp3) is 0.276. The van der Waals surface area contributed by atoms with Crippen LogP contribution in [0.3, 0.4) is 0 Å². The number of rotatable bonds is 8. The number of imidazole rings is 1. The predicted octanol–water partition coefficient (Wildman–Crippen LogP) is 15.8. The number of aromatic hydroxyl groups is 1. The van der Waals surface area contributed by atoms with Gasteiger partial charge in [-0.3, -0.25) is 9.55 Å². The molecule has 0 amide bonds. The van der Waals surface area contributed by atoms with Crippen molar-refractivity contribution in [1.29, 1.82) is 0 Å². The van der Waals surface area contributed by atoms with Crippen LogP contribution in [0.4, 0.5) is 0 Å². The number of hydrogen-bond donors (Lipinski definition) is 1. The Morgan fingerprint density at radius 3 is 1.98 bits per heavy atom. The number of para-hydroxylation sites is 1. The molecule has 2 heterocycles. The second kappa shape index (κ2) is 15.9. The number of hydrogen-bond acceptors (Lipinski definition) is 3. The van der Waals surface area contributed by atoms with Crippen LogP contribution in [0.25, 0.3) is 72.7 Å². The summed E-state index contributed by atoms with van der Waals surface area (Å²) in [6, 6.07) is 47.4. The van der Waals surface area contributed by atoms with Gasteiger partial charge in [0, 0.05) is 24.3 Å². The highest BCUT2D eigenvalue weighted by Gasteiger charge is 2.35. The Hall–Kier alpha value is -6.26. The zero-order chi connectivity index (χ0) is 45.2. The van der Waals surface area contributed by atoms with Crippen LogP contribution < -0.4 is 0 Å². The van der Waals surface area contributed by atoms with Crippen LogP contribution in [0.2, 0.25) is 0 Å². The van der Waals surface area contributed by atoms with Crippen LogP contribution in [0, 0.1) is 19.3 Å². The van der Waals surface area contributed by atoms with Gasteiger partial charge in [-0.2, -0.15) is 0 Å². The lowest BCUT2D eigenvalue weighted by atomic mass is 9.65. The molecule has 62 heavy (non-hydrogen) atoms. The highest BCUT2D eigenvalue weighted by molar-refractivity contribution is 5.98. The Balaban J connectivity index is 1.38. The first-order valence-electron chi connectivity index (χ1n) is 22.4. The Labute approximate surface area is 370 Å². The summed E-state index contributed by atoms with van der Waals surface area (Å²) in [6.07, 6.45) is 1.89. The maximum atomic E-state index is 11.9. The van der Waals surface area contributed by atoms with Gasteiger partial charge in [-0.15, -0.1) is 0 Å². The standard InChI is InChI=1S/C58H61N3O/c1-36(2)39-21-23-40(24-22-39)42-27-28-59-50(34-42)44-31-43(32-46(33-44)56(5,6)7)47-19-16-20-52-53(47)60-55(49-30-37(3)29-38(4)54(49)62)61(52)51-26-25-45(58(11,12)57(8,9)10)35-48(51)41-17-14-13-15-18-41/h13-36,62H,1-12H3/i36D. The van der Waals surface area contributed by atoms with Crippen molar-refractivity contribution in [2.24, 2.45) is 5.41 Å². The van der Waals surface area contributed by atoms with Crippen LogP contribution in [0.5, 0.6) is 5.75 Å². The first-order chi connectivity index (χ1) is 29.6. The van der Waals surface area contributed by atoms with Crippen LogP contribution in [-0.4, -0.2) is 19.6 Å². The average molecular weight is 817 g/mol. The molecule has 0 spiro atoms. The lowest BCUT2D eigenvalue weighted by Gasteiger charge is -2.40. The molecular weight excluding hydrogens is 755 g/mol. The number of phenols is 1. The van der Waals surface area contributed by atoms with Crippen molar-refractivity contribution < 1.29 is 6.48 Å². The van der Waals surface area contributed by atoms with Gasteiger partial charge in [0.1, 0.15) is 11.6 Å². The van der Waals surface area contributed by atoms with Crippen molar-refractivity contribution >= 4 is 11.0 Å². The molecule has 4 nitrogen and oxygen atoms in total. The van der Waals surface area contributed by atoms with Crippen molar-refractivity contribution in [3.8, 4) is 67.5 Å². The molecule has 8 aromatic rings. The summed E-state index contributed by atoms with van der Waals surface area (Å²) >= 11 is 0. The first kappa shape index (κ1) is 41.1. The molecule has 2 aromatic heterocycles. The molecule has 0 aliphatic rings. The van der Waals surface area contributed by atoms with Gasteiger partial charge in [-0.25, -0.2) is 4.98 Å². The van der Waals surface area contributed by atoms with Gasteiger partial charge in [0.05, 0.1) is 28.0 Å². The van der Waals surface area contributed by atoms with E-state index in [1.807, 2.05) is 33.0 Å². The summed E-state index contributed by atoms with van der Waals surface area (Å²) < 4.78 is 10.8. The molecule has 1 N–H and O–H groups in total. The molecule has 0 saturated heterocycles. The second-order valence-corrected chi connectivity index (χ2v) is 20.0. The Bertz CT molecular complexity index is 2990. The fourth-order valence-electron chi connectivity index (χ4n) is 8.42. The van der Waals surface area contributed by atoms with Crippen molar-refractivity contribution in [1.82, 2.24) is 14.5 Å². The molecule has 8 rings (SSSR count). The number of benzene rings is 6. The third-order valence-electron chi connectivity index (χ3n) is 13.3. The van der Waals surface area contributed by atoms with Crippen molar-refractivity contribution in [2.75, 3.05) is 0 Å². The van der Waals surface area contributed by atoms with Gasteiger partial charge in [-0.05, 0) is 135 Å². The van der Waals surface area contributed by atoms with E-state index >= 15 is 0 Å². The quantitative estimate of drug-likeness (QED) is 0.166. The van der Waals surface area contributed by atoms with E-state index in [9.17, 15) is 5.11 Å². The molecule has 0 aliphatic carbocycles. The minimum atomic E-state index is -0.664. The van der Waals surface area contributed by atoms with Crippen LogP contribution in [-0.2, 0) is 10.8 Å². The molecule has 0 bridgehead atoms. The van der Waals surface area contributed by atoms with Gasteiger partial charge < -0.3 is 5.11 Å². The molecule has 0 unspecified atom stereocenters. The predicted molar refractivity (Wildman–Crippen MR) is 262 cm³/mol. The largest absolute Gasteiger partial charge is 0.507 e. The minimum absolute atomic E-state index is 0.0118. The molecule has 0 radical (unpaired) electrons. The molecule has 314 valence electrons. The van der Waals surface area contributed by atoms with Crippen LogP contribution in [0.1, 0.15) is 104 Å². The van der Waals surface area contributed by atoms with E-state index in [-0.39, 0.29) is 22.0 Å². The number of nitrogens with zero attached hydrogens (tertiary/aromatic N) is 3. The van der Waals surface area contributed by atoms with Gasteiger partial charge in [-0.1, -0.05) is 154 Å². The lowest BCUT2D eigenvalue weighted by molar-refractivity contribution is 0.225. The Kier molecular flexibility index (Phi) is 10.5. The number of pyridine rings is 1. The monoisotopic (exact) mass is 816 g/mol. The van der Waals surface area contributed by atoms with Gasteiger partial charge in [0.2, 0.25) is 0 Å². The van der Waals surface area contributed by atoms with E-state index in [4.69, 9.17) is 11.3 Å². The van der Waals surface area contributed by atoms with E-state index < -0.39 is 5.89 Å². The summed E-state index contributed by atoms with van der Waals surface area (Å²) in [5, 5.41) is 11.9. The smallest absolute Gasteiger partial charge is 0.149 e. The van der Waals surface area contributed by atoms with E-state index in [1.54, 1.807) is 0 Å². The number of phenolic OH excluding ortho intramolecular Hbond substituents is 1. The van der Waals surface area contributed by atoms with Gasteiger partial charge in [0.25, 0.3) is 0 Å². The lowest BCUT2D eigenvalue weighted by Crippen LogP contribution is -2.34. The molecular formula is C58H61N3O. The molecule has 6 aromatic carbocycles. The molecule has 4 heteroatoms.